The van der Waals surface area contributed by atoms with Gasteiger partial charge in [0.15, 0.2) is 6.10 Å². The van der Waals surface area contributed by atoms with Gasteiger partial charge in [0.1, 0.15) is 5.82 Å². The SMILES string of the molecule is CC(C)CC(=O)N(Cc1ccc(F)cc1)C[C@H]1CC(c2ccccc2Cl)=NO1. The highest BCUT2D eigenvalue weighted by atomic mass is 35.5. The predicted molar refractivity (Wildman–Crippen MR) is 109 cm³/mol. The van der Waals surface area contributed by atoms with Gasteiger partial charge >= 0.3 is 0 Å². The average Bonchev–Trinajstić information content (AvgIpc) is 3.11. The lowest BCUT2D eigenvalue weighted by molar-refractivity contribution is -0.134. The summed E-state index contributed by atoms with van der Waals surface area (Å²) in [5.41, 5.74) is 2.52. The van der Waals surface area contributed by atoms with Gasteiger partial charge in [-0.1, -0.05) is 60.9 Å². The van der Waals surface area contributed by atoms with E-state index in [4.69, 9.17) is 16.4 Å². The molecule has 0 aromatic heterocycles. The molecule has 1 aliphatic rings. The van der Waals surface area contributed by atoms with Crippen molar-refractivity contribution in [3.8, 4) is 0 Å². The van der Waals surface area contributed by atoms with E-state index >= 15 is 0 Å². The van der Waals surface area contributed by atoms with E-state index in [2.05, 4.69) is 5.16 Å². The molecule has 1 aliphatic heterocycles. The number of hydrogen-bond acceptors (Lipinski definition) is 3. The molecular formula is C22H24ClFN2O2. The van der Waals surface area contributed by atoms with E-state index in [-0.39, 0.29) is 23.7 Å². The van der Waals surface area contributed by atoms with Crippen molar-refractivity contribution in [3.63, 3.8) is 0 Å². The fourth-order valence-electron chi connectivity index (χ4n) is 3.17. The van der Waals surface area contributed by atoms with E-state index in [1.807, 2.05) is 38.1 Å². The number of hydrogen-bond donors (Lipinski definition) is 0. The van der Waals surface area contributed by atoms with Gasteiger partial charge in [0.05, 0.1) is 12.3 Å². The molecule has 1 atom stereocenters. The van der Waals surface area contributed by atoms with Crippen molar-refractivity contribution in [2.24, 2.45) is 11.1 Å². The molecule has 0 fully saturated rings. The Hall–Kier alpha value is -2.40. The summed E-state index contributed by atoms with van der Waals surface area (Å²) in [4.78, 5) is 20.1. The average molecular weight is 403 g/mol. The van der Waals surface area contributed by atoms with Crippen LogP contribution in [-0.4, -0.2) is 29.2 Å². The molecule has 2 aromatic carbocycles. The number of carbonyl (C=O) groups excluding carboxylic acids is 1. The molecule has 2 aromatic rings. The quantitative estimate of drug-likeness (QED) is 0.650. The first kappa shape index (κ1) is 20.3. The summed E-state index contributed by atoms with van der Waals surface area (Å²) in [6, 6.07) is 13.7. The second-order valence-corrected chi connectivity index (χ2v) is 7.86. The molecule has 0 N–H and O–H groups in total. The van der Waals surface area contributed by atoms with Crippen LogP contribution in [0.4, 0.5) is 4.39 Å². The summed E-state index contributed by atoms with van der Waals surface area (Å²) < 4.78 is 13.2. The van der Waals surface area contributed by atoms with Crippen molar-refractivity contribution in [2.45, 2.75) is 39.3 Å². The molecule has 0 bridgehead atoms. The highest BCUT2D eigenvalue weighted by Gasteiger charge is 2.27. The number of carbonyl (C=O) groups is 1. The number of halogens is 2. The van der Waals surface area contributed by atoms with Crippen LogP contribution in [-0.2, 0) is 16.2 Å². The van der Waals surface area contributed by atoms with Crippen LogP contribution in [0.2, 0.25) is 5.02 Å². The van der Waals surface area contributed by atoms with Gasteiger partial charge in [0, 0.05) is 30.0 Å². The molecule has 148 valence electrons. The lowest BCUT2D eigenvalue weighted by atomic mass is 10.0. The molecule has 0 saturated carbocycles. The molecule has 6 heteroatoms. The van der Waals surface area contributed by atoms with Gasteiger partial charge in [0.2, 0.25) is 5.91 Å². The van der Waals surface area contributed by atoms with Crippen LogP contribution < -0.4 is 0 Å². The van der Waals surface area contributed by atoms with Gasteiger partial charge in [-0.2, -0.15) is 0 Å². The van der Waals surface area contributed by atoms with Gasteiger partial charge in [-0.3, -0.25) is 4.79 Å². The summed E-state index contributed by atoms with van der Waals surface area (Å²) in [7, 11) is 0. The summed E-state index contributed by atoms with van der Waals surface area (Å²) in [5, 5.41) is 4.81. The second kappa shape index (κ2) is 9.20. The lowest BCUT2D eigenvalue weighted by Crippen LogP contribution is -2.37. The van der Waals surface area contributed by atoms with E-state index in [1.54, 1.807) is 17.0 Å². The summed E-state index contributed by atoms with van der Waals surface area (Å²) >= 11 is 6.25. The number of amides is 1. The first-order valence-electron chi connectivity index (χ1n) is 9.42. The first-order valence-corrected chi connectivity index (χ1v) is 9.80. The van der Waals surface area contributed by atoms with Crippen LogP contribution in [0.25, 0.3) is 0 Å². The van der Waals surface area contributed by atoms with Crippen LogP contribution >= 0.6 is 11.6 Å². The van der Waals surface area contributed by atoms with E-state index in [0.717, 1.165) is 16.8 Å². The zero-order valence-electron chi connectivity index (χ0n) is 16.1. The third kappa shape index (κ3) is 5.32. The summed E-state index contributed by atoms with van der Waals surface area (Å²) in [5.74, 6) is 0.0116. The number of rotatable bonds is 7. The van der Waals surface area contributed by atoms with Gasteiger partial charge in [0.25, 0.3) is 0 Å². The molecule has 3 rings (SSSR count). The Balaban J connectivity index is 1.68. The Kier molecular flexibility index (Phi) is 6.68. The van der Waals surface area contributed by atoms with Crippen molar-refractivity contribution in [1.82, 2.24) is 4.90 Å². The van der Waals surface area contributed by atoms with Crippen molar-refractivity contribution >= 4 is 23.2 Å². The molecule has 0 unspecified atom stereocenters. The van der Waals surface area contributed by atoms with Gasteiger partial charge in [-0.15, -0.1) is 0 Å². The number of benzene rings is 2. The van der Waals surface area contributed by atoms with E-state index < -0.39 is 0 Å². The molecule has 0 radical (unpaired) electrons. The van der Waals surface area contributed by atoms with Crippen LogP contribution in [0.1, 0.15) is 37.8 Å². The van der Waals surface area contributed by atoms with Crippen LogP contribution in [0.5, 0.6) is 0 Å². The highest BCUT2D eigenvalue weighted by Crippen LogP contribution is 2.24. The van der Waals surface area contributed by atoms with Crippen LogP contribution in [0.15, 0.2) is 53.7 Å². The van der Waals surface area contributed by atoms with Crippen LogP contribution in [0, 0.1) is 11.7 Å². The Morgan fingerprint density at radius 3 is 2.64 bits per heavy atom. The molecule has 4 nitrogen and oxygen atoms in total. The van der Waals surface area contributed by atoms with Crippen molar-refractivity contribution < 1.29 is 14.0 Å². The first-order chi connectivity index (χ1) is 13.4. The minimum atomic E-state index is -0.291. The molecule has 0 saturated heterocycles. The fraction of sp³-hybridized carbons (Fsp3) is 0.364. The topological polar surface area (TPSA) is 41.9 Å². The normalized spacial score (nSPS) is 16.0. The zero-order valence-corrected chi connectivity index (χ0v) is 16.8. The molecular weight excluding hydrogens is 379 g/mol. The minimum Gasteiger partial charge on any atom is -0.390 e. The predicted octanol–water partition coefficient (Wildman–Crippen LogP) is 5.05. The van der Waals surface area contributed by atoms with Crippen molar-refractivity contribution in [3.05, 3.63) is 70.5 Å². The Morgan fingerprint density at radius 2 is 1.96 bits per heavy atom. The summed E-state index contributed by atoms with van der Waals surface area (Å²) in [6.07, 6.45) is 0.799. The maximum Gasteiger partial charge on any atom is 0.223 e. The van der Waals surface area contributed by atoms with E-state index in [1.165, 1.54) is 12.1 Å². The fourth-order valence-corrected chi connectivity index (χ4v) is 3.41. The molecule has 1 heterocycles. The smallest absolute Gasteiger partial charge is 0.223 e. The maximum absolute atomic E-state index is 13.2. The molecule has 0 spiro atoms. The van der Waals surface area contributed by atoms with Crippen molar-refractivity contribution in [1.29, 1.82) is 0 Å². The van der Waals surface area contributed by atoms with E-state index in [9.17, 15) is 9.18 Å². The van der Waals surface area contributed by atoms with Gasteiger partial charge in [-0.05, 0) is 29.7 Å². The molecule has 0 aliphatic carbocycles. The Morgan fingerprint density at radius 1 is 1.25 bits per heavy atom. The lowest BCUT2D eigenvalue weighted by Gasteiger charge is -2.26. The zero-order chi connectivity index (χ0) is 20.1. The Bertz CT molecular complexity index is 852. The second-order valence-electron chi connectivity index (χ2n) is 7.45. The van der Waals surface area contributed by atoms with Crippen molar-refractivity contribution in [2.75, 3.05) is 6.54 Å². The molecule has 28 heavy (non-hydrogen) atoms. The monoisotopic (exact) mass is 402 g/mol. The summed E-state index contributed by atoms with van der Waals surface area (Å²) in [6.45, 7) is 4.85. The van der Waals surface area contributed by atoms with Gasteiger partial charge < -0.3 is 9.74 Å². The molecule has 1 amide bonds. The third-order valence-electron chi connectivity index (χ3n) is 4.56. The standard InChI is InChI=1S/C22H24ClFN2O2/c1-15(2)11-22(27)26(13-16-7-9-17(24)10-8-16)14-18-12-21(25-28-18)19-5-3-4-6-20(19)23/h3-10,15,18H,11-14H2,1-2H3/t18-/m1/s1. The number of oxime groups is 1. The number of nitrogens with zero attached hydrogens (tertiary/aromatic N) is 2. The third-order valence-corrected chi connectivity index (χ3v) is 4.89. The maximum atomic E-state index is 13.2. The van der Waals surface area contributed by atoms with Gasteiger partial charge in [-0.25, -0.2) is 4.39 Å². The Labute approximate surface area is 169 Å². The largest absolute Gasteiger partial charge is 0.390 e. The minimum absolute atomic E-state index is 0.0501. The van der Waals surface area contributed by atoms with E-state index in [0.29, 0.717) is 31.0 Å². The highest BCUT2D eigenvalue weighted by molar-refractivity contribution is 6.34. The van der Waals surface area contributed by atoms with Crippen LogP contribution in [0.3, 0.4) is 0 Å².